The monoisotopic (exact) mass is 586 g/mol. The zero-order valence-corrected chi connectivity index (χ0v) is 25.2. The Morgan fingerprint density at radius 1 is 0.929 bits per heavy atom. The second-order valence-corrected chi connectivity index (χ2v) is 11.0. The van der Waals surface area contributed by atoms with E-state index in [-0.39, 0.29) is 11.3 Å². The van der Waals surface area contributed by atoms with Crippen molar-refractivity contribution in [1.82, 2.24) is 4.98 Å². The number of hydrogen-bond acceptors (Lipinski definition) is 8. The smallest absolute Gasteiger partial charge is 0.301 e. The van der Waals surface area contributed by atoms with Crippen LogP contribution in [0.3, 0.4) is 0 Å². The fraction of sp³-hybridized carbons (Fsp3) is 0.303. The number of carbonyl (C=O) groups is 2. The van der Waals surface area contributed by atoms with Gasteiger partial charge in [-0.05, 0) is 93.3 Å². The lowest BCUT2D eigenvalue weighted by Gasteiger charge is -2.24. The van der Waals surface area contributed by atoms with E-state index in [9.17, 15) is 14.7 Å². The average Bonchev–Trinajstić information content (AvgIpc) is 3.51. The lowest BCUT2D eigenvalue weighted by molar-refractivity contribution is -0.132. The zero-order chi connectivity index (χ0) is 30.0. The molecular weight excluding hydrogens is 552 g/mol. The lowest BCUT2D eigenvalue weighted by atomic mass is 9.95. The highest BCUT2D eigenvalue weighted by Crippen LogP contribution is 2.46. The largest absolute Gasteiger partial charge is 0.507 e. The molecule has 2 heterocycles. The number of aliphatic hydroxyl groups excluding tert-OH is 1. The Balaban J connectivity index is 1.69. The maximum Gasteiger partial charge on any atom is 0.301 e. The second kappa shape index (κ2) is 12.2. The highest BCUT2D eigenvalue weighted by atomic mass is 32.1. The van der Waals surface area contributed by atoms with E-state index in [1.165, 1.54) is 16.2 Å². The van der Waals surface area contributed by atoms with Crippen LogP contribution in [0.1, 0.15) is 55.5 Å². The summed E-state index contributed by atoms with van der Waals surface area (Å²) in [5.41, 5.74) is 3.77. The molecule has 42 heavy (non-hydrogen) atoms. The topological polar surface area (TPSA) is 98.2 Å². The van der Waals surface area contributed by atoms with Crippen LogP contribution >= 0.6 is 11.3 Å². The number of aliphatic hydroxyl groups is 1. The molecule has 0 bridgehead atoms. The van der Waals surface area contributed by atoms with Gasteiger partial charge in [-0.2, -0.15) is 0 Å². The molecule has 0 aliphatic carbocycles. The third-order valence-corrected chi connectivity index (χ3v) is 7.95. The Bertz CT molecular complexity index is 1670. The highest BCUT2D eigenvalue weighted by Gasteiger charge is 2.48. The van der Waals surface area contributed by atoms with Crippen molar-refractivity contribution in [1.29, 1.82) is 0 Å². The van der Waals surface area contributed by atoms with Gasteiger partial charge < -0.3 is 19.3 Å². The van der Waals surface area contributed by atoms with Gasteiger partial charge in [0.2, 0.25) is 0 Å². The van der Waals surface area contributed by atoms with Crippen LogP contribution in [-0.2, 0) is 9.59 Å². The number of ketones is 1. The Hall–Kier alpha value is -4.37. The molecule has 1 saturated heterocycles. The molecular formula is C33H34N2O6S. The van der Waals surface area contributed by atoms with Gasteiger partial charge in [-0.1, -0.05) is 30.4 Å². The molecule has 0 radical (unpaired) electrons. The summed E-state index contributed by atoms with van der Waals surface area (Å²) in [5.74, 6) is -0.141. The first-order valence-corrected chi connectivity index (χ1v) is 14.9. The van der Waals surface area contributed by atoms with Crippen molar-refractivity contribution in [3.8, 4) is 17.2 Å². The minimum Gasteiger partial charge on any atom is -0.507 e. The van der Waals surface area contributed by atoms with Gasteiger partial charge >= 0.3 is 5.91 Å². The van der Waals surface area contributed by atoms with Crippen molar-refractivity contribution in [3.05, 3.63) is 82.4 Å². The highest BCUT2D eigenvalue weighted by molar-refractivity contribution is 7.22. The Kier molecular flexibility index (Phi) is 8.49. The van der Waals surface area contributed by atoms with Gasteiger partial charge in [0, 0.05) is 5.56 Å². The molecule has 1 amide bonds. The fourth-order valence-corrected chi connectivity index (χ4v) is 6.30. The van der Waals surface area contributed by atoms with E-state index in [0.29, 0.717) is 53.3 Å². The van der Waals surface area contributed by atoms with Gasteiger partial charge in [-0.25, -0.2) is 4.98 Å². The van der Waals surface area contributed by atoms with E-state index in [1.807, 2.05) is 46.8 Å². The molecule has 1 aliphatic heterocycles. The van der Waals surface area contributed by atoms with Crippen LogP contribution < -0.4 is 19.1 Å². The van der Waals surface area contributed by atoms with Gasteiger partial charge in [-0.15, -0.1) is 0 Å². The first kappa shape index (κ1) is 29.1. The maximum absolute atomic E-state index is 13.7. The van der Waals surface area contributed by atoms with Gasteiger partial charge in [0.15, 0.2) is 16.6 Å². The molecule has 1 aromatic heterocycles. The van der Waals surface area contributed by atoms with Crippen molar-refractivity contribution >= 4 is 44.1 Å². The molecule has 1 atom stereocenters. The van der Waals surface area contributed by atoms with E-state index in [0.717, 1.165) is 27.8 Å². The number of thiazole rings is 1. The number of nitrogens with zero attached hydrogens (tertiary/aromatic N) is 2. The summed E-state index contributed by atoms with van der Waals surface area (Å²) in [6.45, 7) is 11.2. The second-order valence-electron chi connectivity index (χ2n) is 10.0. The third kappa shape index (κ3) is 5.44. The van der Waals surface area contributed by atoms with E-state index < -0.39 is 17.7 Å². The zero-order valence-electron chi connectivity index (χ0n) is 24.4. The molecule has 0 spiro atoms. The van der Waals surface area contributed by atoms with Crippen molar-refractivity contribution in [2.24, 2.45) is 0 Å². The number of fused-ring (bicyclic) bond motifs is 1. The van der Waals surface area contributed by atoms with Crippen molar-refractivity contribution in [2.75, 3.05) is 24.7 Å². The summed E-state index contributed by atoms with van der Waals surface area (Å²) < 4.78 is 18.2. The van der Waals surface area contributed by atoms with E-state index in [1.54, 1.807) is 42.5 Å². The van der Waals surface area contributed by atoms with Gasteiger partial charge in [0.1, 0.15) is 11.5 Å². The van der Waals surface area contributed by atoms with E-state index in [2.05, 4.69) is 0 Å². The Labute approximate surface area is 249 Å². The number of rotatable bonds is 10. The average molecular weight is 587 g/mol. The normalized spacial score (nSPS) is 16.3. The SMILES string of the molecule is CCCOc1ccc(C(O)=C2C(=O)C(=O)N(c3nc4c(C)cc(C)cc4s3)C2c2ccc(OCC)c(OCC)c2)cc1. The summed E-state index contributed by atoms with van der Waals surface area (Å²) in [5, 5.41) is 11.9. The summed E-state index contributed by atoms with van der Waals surface area (Å²) in [4.78, 5) is 33.6. The minimum atomic E-state index is -0.946. The van der Waals surface area contributed by atoms with E-state index in [4.69, 9.17) is 19.2 Å². The lowest BCUT2D eigenvalue weighted by Crippen LogP contribution is -2.29. The van der Waals surface area contributed by atoms with Gasteiger partial charge in [0.05, 0.1) is 41.7 Å². The molecule has 1 fully saturated rings. The first-order valence-electron chi connectivity index (χ1n) is 14.1. The molecule has 4 aromatic rings. The number of aryl methyl sites for hydroxylation is 2. The van der Waals surface area contributed by atoms with Crippen LogP contribution in [0.25, 0.3) is 16.0 Å². The van der Waals surface area contributed by atoms with Gasteiger partial charge in [0.25, 0.3) is 5.78 Å². The first-order chi connectivity index (χ1) is 20.3. The van der Waals surface area contributed by atoms with Crippen molar-refractivity contribution < 1.29 is 28.9 Å². The van der Waals surface area contributed by atoms with Crippen molar-refractivity contribution in [3.63, 3.8) is 0 Å². The summed E-state index contributed by atoms with van der Waals surface area (Å²) >= 11 is 1.34. The molecule has 1 unspecified atom stereocenters. The minimum absolute atomic E-state index is 0.0269. The van der Waals surface area contributed by atoms with Crippen molar-refractivity contribution in [2.45, 2.75) is 47.1 Å². The van der Waals surface area contributed by atoms with Crippen LogP contribution in [0.2, 0.25) is 0 Å². The number of carbonyl (C=O) groups excluding carboxylic acids is 2. The number of hydrogen-bond donors (Lipinski definition) is 1. The van der Waals surface area contributed by atoms with Crippen LogP contribution in [0, 0.1) is 13.8 Å². The summed E-state index contributed by atoms with van der Waals surface area (Å²) in [6, 6.07) is 15.2. The quantitative estimate of drug-likeness (QED) is 0.120. The van der Waals surface area contributed by atoms with Crippen LogP contribution in [0.4, 0.5) is 5.13 Å². The molecule has 9 heteroatoms. The Morgan fingerprint density at radius 3 is 2.33 bits per heavy atom. The number of benzene rings is 3. The van der Waals surface area contributed by atoms with Crippen LogP contribution in [0.5, 0.6) is 17.2 Å². The van der Waals surface area contributed by atoms with Gasteiger partial charge in [-0.3, -0.25) is 14.5 Å². The summed E-state index contributed by atoms with van der Waals surface area (Å²) in [6.07, 6.45) is 0.863. The number of ether oxygens (including phenoxy) is 3. The summed E-state index contributed by atoms with van der Waals surface area (Å²) in [7, 11) is 0. The molecule has 1 aliphatic rings. The van der Waals surface area contributed by atoms with Crippen LogP contribution in [-0.4, -0.2) is 41.6 Å². The maximum atomic E-state index is 13.7. The van der Waals surface area contributed by atoms with Crippen LogP contribution in [0.15, 0.2) is 60.2 Å². The number of amides is 1. The number of aromatic nitrogens is 1. The standard InChI is InChI=1S/C33H34N2O6S/c1-6-15-41-23-12-9-21(10-13-23)30(36)27-29(22-11-14-24(39-7-2)25(18-22)40-8-3)35(32(38)31(27)37)33-34-28-20(5)16-19(4)17-26(28)42-33/h9-14,16-18,29,36H,6-8,15H2,1-5H3. The third-order valence-electron chi connectivity index (χ3n) is 6.95. The predicted molar refractivity (Wildman–Crippen MR) is 165 cm³/mol. The molecule has 8 nitrogen and oxygen atoms in total. The van der Waals surface area contributed by atoms with E-state index >= 15 is 0 Å². The molecule has 0 saturated carbocycles. The predicted octanol–water partition coefficient (Wildman–Crippen LogP) is 7.13. The number of anilines is 1. The fourth-order valence-electron chi connectivity index (χ4n) is 5.13. The molecule has 1 N–H and O–H groups in total. The number of Topliss-reactive ketones (excluding diaryl/α,β-unsaturated/α-hetero) is 1. The molecule has 218 valence electrons. The molecule has 5 rings (SSSR count). The Morgan fingerprint density at radius 2 is 1.64 bits per heavy atom. The molecule has 3 aromatic carbocycles.